The van der Waals surface area contributed by atoms with Crippen LogP contribution in [0.3, 0.4) is 0 Å². The Bertz CT molecular complexity index is 1120. The predicted octanol–water partition coefficient (Wildman–Crippen LogP) is 8.10. The zero-order valence-electron chi connectivity index (χ0n) is 20.9. The first-order chi connectivity index (χ1) is 14.4. The molecule has 0 N–H and O–H groups in total. The van der Waals surface area contributed by atoms with Crippen LogP contribution in [0.2, 0.25) is 32.7 Å². The lowest BCUT2D eigenvalue weighted by atomic mass is 9.97. The fourth-order valence-corrected chi connectivity index (χ4v) is 11.5. The second kappa shape index (κ2) is 7.60. The first-order valence-electron chi connectivity index (χ1n) is 11.8. The summed E-state index contributed by atoms with van der Waals surface area (Å²) < 4.78 is 0. The van der Waals surface area contributed by atoms with Crippen LogP contribution in [-0.2, 0) is 0 Å². The normalized spacial score (nSPS) is 21.3. The predicted molar refractivity (Wildman–Crippen MR) is 144 cm³/mol. The molecule has 0 saturated heterocycles. The van der Waals surface area contributed by atoms with Gasteiger partial charge in [-0.05, 0) is 54.5 Å². The number of rotatable bonds is 4. The number of hydrogen-bond donors (Lipinski definition) is 0. The highest BCUT2D eigenvalue weighted by atomic mass is 28.3. The Balaban J connectivity index is 1.74. The molecule has 2 heteroatoms. The Labute approximate surface area is 191 Å². The van der Waals surface area contributed by atoms with Gasteiger partial charge in [0.2, 0.25) is 0 Å². The van der Waals surface area contributed by atoms with E-state index in [1.165, 1.54) is 33.0 Å². The SMILES string of the molecule is CC1=C(C)C(C)C([Si](C)(C)C2C=Cc3c(-c4ccc([Si](C)(C)C)cc4)cccc32)=C1C. The molecule has 0 bridgehead atoms. The summed E-state index contributed by atoms with van der Waals surface area (Å²) in [7, 11) is -2.97. The molecule has 2 aliphatic rings. The molecule has 162 valence electrons. The first kappa shape index (κ1) is 22.3. The zero-order valence-corrected chi connectivity index (χ0v) is 22.9. The minimum atomic E-state index is -1.70. The number of allylic oxidation sites excluding steroid dienone is 5. The van der Waals surface area contributed by atoms with Gasteiger partial charge in [0, 0.05) is 5.54 Å². The van der Waals surface area contributed by atoms with Gasteiger partial charge in [-0.2, -0.15) is 0 Å². The van der Waals surface area contributed by atoms with E-state index in [4.69, 9.17) is 0 Å². The highest BCUT2D eigenvalue weighted by molar-refractivity contribution is 6.88. The van der Waals surface area contributed by atoms with E-state index in [1.54, 1.807) is 16.3 Å². The molecule has 0 spiro atoms. The van der Waals surface area contributed by atoms with Crippen LogP contribution in [0.15, 0.2) is 70.5 Å². The maximum Gasteiger partial charge on any atom is 0.0880 e. The molecule has 2 unspecified atom stereocenters. The molecule has 0 fully saturated rings. The molecule has 2 aromatic rings. The molecule has 31 heavy (non-hydrogen) atoms. The lowest BCUT2D eigenvalue weighted by Gasteiger charge is -2.35. The van der Waals surface area contributed by atoms with Gasteiger partial charge in [0.05, 0.1) is 16.1 Å². The van der Waals surface area contributed by atoms with Crippen LogP contribution in [0.1, 0.15) is 44.4 Å². The Morgan fingerprint density at radius 1 is 0.774 bits per heavy atom. The summed E-state index contributed by atoms with van der Waals surface area (Å²) in [5, 5.41) is 3.29. The van der Waals surface area contributed by atoms with Gasteiger partial charge in [-0.1, -0.05) is 116 Å². The molecule has 0 saturated carbocycles. The molecule has 0 nitrogen and oxygen atoms in total. The number of fused-ring (bicyclic) bond motifs is 1. The highest BCUT2D eigenvalue weighted by Gasteiger charge is 2.43. The van der Waals surface area contributed by atoms with Crippen LogP contribution in [0, 0.1) is 5.92 Å². The zero-order chi connectivity index (χ0) is 22.7. The van der Waals surface area contributed by atoms with Crippen molar-refractivity contribution in [2.75, 3.05) is 0 Å². The number of hydrogen-bond acceptors (Lipinski definition) is 0. The van der Waals surface area contributed by atoms with Crippen LogP contribution >= 0.6 is 0 Å². The maximum atomic E-state index is 2.59. The van der Waals surface area contributed by atoms with Crippen LogP contribution < -0.4 is 5.19 Å². The van der Waals surface area contributed by atoms with Gasteiger partial charge in [-0.15, -0.1) is 0 Å². The van der Waals surface area contributed by atoms with E-state index in [2.05, 4.69) is 115 Å². The van der Waals surface area contributed by atoms with Gasteiger partial charge in [0.15, 0.2) is 0 Å². The third-order valence-electron chi connectivity index (χ3n) is 8.10. The summed E-state index contributed by atoms with van der Waals surface area (Å²) in [5.41, 5.74) is 10.9. The van der Waals surface area contributed by atoms with Crippen molar-refractivity contribution < 1.29 is 0 Å². The Kier molecular flexibility index (Phi) is 5.47. The largest absolute Gasteiger partial charge is 0.0880 e. The van der Waals surface area contributed by atoms with Gasteiger partial charge < -0.3 is 0 Å². The van der Waals surface area contributed by atoms with Crippen LogP contribution in [0.25, 0.3) is 17.2 Å². The molecular weight excluding hydrogens is 404 g/mol. The van der Waals surface area contributed by atoms with Gasteiger partial charge in [0.25, 0.3) is 0 Å². The summed E-state index contributed by atoms with van der Waals surface area (Å²) in [6, 6.07) is 16.4. The van der Waals surface area contributed by atoms with E-state index in [1.807, 2.05) is 0 Å². The summed E-state index contributed by atoms with van der Waals surface area (Å²) in [6.45, 7) is 21.9. The molecule has 0 radical (unpaired) electrons. The third kappa shape index (κ3) is 3.58. The highest BCUT2D eigenvalue weighted by Crippen LogP contribution is 2.49. The lowest BCUT2D eigenvalue weighted by molar-refractivity contribution is 0.841. The van der Waals surface area contributed by atoms with Crippen molar-refractivity contribution in [2.24, 2.45) is 5.92 Å². The fraction of sp³-hybridized carbons (Fsp3) is 0.379. The van der Waals surface area contributed by atoms with Crippen molar-refractivity contribution in [1.29, 1.82) is 0 Å². The number of benzene rings is 2. The molecule has 0 amide bonds. The van der Waals surface area contributed by atoms with Crippen molar-refractivity contribution in [3.63, 3.8) is 0 Å². The summed E-state index contributed by atoms with van der Waals surface area (Å²) in [5.74, 6) is 0.594. The quantitative estimate of drug-likeness (QED) is 0.420. The minimum Gasteiger partial charge on any atom is -0.0787 e. The Hall–Kier alpha value is -1.91. The van der Waals surface area contributed by atoms with E-state index in [0.29, 0.717) is 11.5 Å². The summed E-state index contributed by atoms with van der Waals surface area (Å²) in [6.07, 6.45) is 4.94. The summed E-state index contributed by atoms with van der Waals surface area (Å²) >= 11 is 0. The van der Waals surface area contributed by atoms with Crippen LogP contribution in [-0.4, -0.2) is 16.1 Å². The average Bonchev–Trinajstić information content (AvgIpc) is 3.24. The molecule has 2 aromatic carbocycles. The summed E-state index contributed by atoms with van der Waals surface area (Å²) in [4.78, 5) is 0. The van der Waals surface area contributed by atoms with Crippen LogP contribution in [0.4, 0.5) is 0 Å². The smallest absolute Gasteiger partial charge is 0.0787 e. The molecule has 2 atom stereocenters. The fourth-order valence-electron chi connectivity index (χ4n) is 5.94. The third-order valence-corrected chi connectivity index (χ3v) is 14.4. The molecule has 0 aliphatic heterocycles. The Morgan fingerprint density at radius 2 is 1.42 bits per heavy atom. The average molecular weight is 443 g/mol. The molecular formula is C29H38Si2. The minimum absolute atomic E-state index is 0.551. The van der Waals surface area contributed by atoms with Crippen LogP contribution in [0.5, 0.6) is 0 Å². The van der Waals surface area contributed by atoms with Crippen molar-refractivity contribution in [1.82, 2.24) is 0 Å². The molecule has 2 aliphatic carbocycles. The monoisotopic (exact) mass is 442 g/mol. The van der Waals surface area contributed by atoms with Crippen molar-refractivity contribution in [3.8, 4) is 11.1 Å². The van der Waals surface area contributed by atoms with E-state index in [9.17, 15) is 0 Å². The lowest BCUT2D eigenvalue weighted by Crippen LogP contribution is -2.39. The Morgan fingerprint density at radius 3 is 1.97 bits per heavy atom. The topological polar surface area (TPSA) is 0 Å². The van der Waals surface area contributed by atoms with E-state index in [0.717, 1.165) is 0 Å². The second-order valence-corrected chi connectivity index (χ2v) is 20.9. The molecule has 4 rings (SSSR count). The second-order valence-electron chi connectivity index (χ2n) is 11.3. The van der Waals surface area contributed by atoms with E-state index in [-0.39, 0.29) is 0 Å². The van der Waals surface area contributed by atoms with Gasteiger partial charge in [-0.25, -0.2) is 0 Å². The standard InChI is InChI=1S/C29H38Si2/c1-19-20(2)22(4)29(21(19)3)31(8,9)28-18-17-26-25(11-10-12-27(26)28)23-13-15-24(16-14-23)30(5,6)7/h10-18,21,28H,1-9H3. The van der Waals surface area contributed by atoms with Gasteiger partial charge in [-0.3, -0.25) is 0 Å². The van der Waals surface area contributed by atoms with Crippen molar-refractivity contribution in [2.45, 2.75) is 66.0 Å². The maximum absolute atomic E-state index is 2.59. The molecule has 0 heterocycles. The van der Waals surface area contributed by atoms with Gasteiger partial charge >= 0.3 is 0 Å². The molecule has 0 aromatic heterocycles. The van der Waals surface area contributed by atoms with E-state index >= 15 is 0 Å². The van der Waals surface area contributed by atoms with Crippen molar-refractivity contribution in [3.05, 3.63) is 81.6 Å². The first-order valence-corrected chi connectivity index (χ1v) is 18.3. The van der Waals surface area contributed by atoms with E-state index < -0.39 is 16.1 Å². The van der Waals surface area contributed by atoms with Crippen molar-refractivity contribution >= 4 is 27.4 Å². The van der Waals surface area contributed by atoms with Gasteiger partial charge in [0.1, 0.15) is 0 Å².